The van der Waals surface area contributed by atoms with Gasteiger partial charge in [-0.15, -0.1) is 0 Å². The van der Waals surface area contributed by atoms with Gasteiger partial charge >= 0.3 is 66.9 Å². The number of hydrogen-bond acceptors (Lipinski definition) is 4. The van der Waals surface area contributed by atoms with Crippen LogP contribution in [0.15, 0.2) is 34.9 Å². The number of allylic oxidation sites excluding steroid dienone is 3. The summed E-state index contributed by atoms with van der Waals surface area (Å²) in [7, 11) is -3.13. The number of benzene rings is 1. The minimum Gasteiger partial charge on any atom is -0.496 e. The van der Waals surface area contributed by atoms with Gasteiger partial charge in [0, 0.05) is 11.5 Å². The Morgan fingerprint density at radius 3 is 2.58 bits per heavy atom. The third kappa shape index (κ3) is 5.90. The SMILES string of the molecule is CO/C(=C1\C2CCCC1C1=C(CCCC1)C2)c1ccc(C#N)c(OP(=O)(O)O)c1.[Na+].[Na+]. The number of methoxy groups -OCH3 is 1. The summed E-state index contributed by atoms with van der Waals surface area (Å²) in [5.41, 5.74) is 5.33. The van der Waals surface area contributed by atoms with Gasteiger partial charge in [-0.05, 0) is 74.6 Å². The molecule has 1 fully saturated rings. The molecule has 2 atom stereocenters. The zero-order chi connectivity index (χ0) is 20.6. The van der Waals surface area contributed by atoms with Gasteiger partial charge in [0.15, 0.2) is 0 Å². The van der Waals surface area contributed by atoms with Gasteiger partial charge in [0.05, 0.1) is 12.7 Å². The molecular formula is C22H26NNa2O5P+2. The number of nitrogens with zero attached hydrogens (tertiary/aromatic N) is 1. The quantitative estimate of drug-likeness (QED) is 0.261. The second-order valence-corrected chi connectivity index (χ2v) is 9.28. The molecule has 154 valence electrons. The fraction of sp³-hybridized carbons (Fsp3) is 0.500. The molecule has 0 aliphatic heterocycles. The molecule has 1 aromatic rings. The predicted molar refractivity (Wildman–Crippen MR) is 109 cm³/mol. The van der Waals surface area contributed by atoms with Gasteiger partial charge in [0.25, 0.3) is 0 Å². The van der Waals surface area contributed by atoms with E-state index in [0.717, 1.165) is 31.4 Å². The van der Waals surface area contributed by atoms with Crippen molar-refractivity contribution >= 4 is 13.6 Å². The Balaban J connectivity index is 0.00000171. The molecular weight excluding hydrogens is 435 g/mol. The van der Waals surface area contributed by atoms with Crippen molar-refractivity contribution in [3.63, 3.8) is 0 Å². The van der Waals surface area contributed by atoms with E-state index >= 15 is 0 Å². The smallest absolute Gasteiger partial charge is 0.496 e. The van der Waals surface area contributed by atoms with Gasteiger partial charge in [-0.3, -0.25) is 9.79 Å². The van der Waals surface area contributed by atoms with Crippen LogP contribution in [0.25, 0.3) is 5.76 Å². The van der Waals surface area contributed by atoms with E-state index < -0.39 is 7.82 Å². The maximum Gasteiger partial charge on any atom is 1.00 e. The van der Waals surface area contributed by atoms with Gasteiger partial charge in [0.1, 0.15) is 17.6 Å². The molecule has 0 radical (unpaired) electrons. The summed E-state index contributed by atoms with van der Waals surface area (Å²) in [4.78, 5) is 18.4. The van der Waals surface area contributed by atoms with Crippen molar-refractivity contribution in [2.75, 3.05) is 7.11 Å². The molecule has 1 saturated carbocycles. The molecule has 31 heavy (non-hydrogen) atoms. The molecule has 0 spiro atoms. The molecule has 3 aliphatic carbocycles. The van der Waals surface area contributed by atoms with Crippen LogP contribution < -0.4 is 63.6 Å². The molecule has 9 heteroatoms. The van der Waals surface area contributed by atoms with Gasteiger partial charge in [-0.1, -0.05) is 17.6 Å². The van der Waals surface area contributed by atoms with Crippen LogP contribution in [-0.4, -0.2) is 16.9 Å². The van der Waals surface area contributed by atoms with Crippen LogP contribution in [-0.2, 0) is 9.30 Å². The standard InChI is InChI=1S/C22H26NO5P.2Na/c1-27-22(16-9-10-17(13-23)20(12-16)28-29(24,25)26)21-15-6-4-8-19(21)18-7-3-2-5-14(18)11-15;;/h9-10,12,15,19H,2-8,11H2,1H3,(H2,24,25,26);;/q;2*+1/b22-21+;;. The minimum absolute atomic E-state index is 0. The van der Waals surface area contributed by atoms with E-state index in [4.69, 9.17) is 9.26 Å². The molecule has 2 N–H and O–H groups in total. The van der Waals surface area contributed by atoms with Crippen molar-refractivity contribution in [3.8, 4) is 11.8 Å². The topological polar surface area (TPSA) is 99.8 Å². The van der Waals surface area contributed by atoms with Crippen LogP contribution in [0.2, 0.25) is 0 Å². The van der Waals surface area contributed by atoms with Crippen molar-refractivity contribution in [3.05, 3.63) is 46.0 Å². The minimum atomic E-state index is -4.77. The fourth-order valence-corrected chi connectivity index (χ4v) is 5.79. The fourth-order valence-electron chi connectivity index (χ4n) is 5.39. The number of phosphoric ester groups is 1. The Kier molecular flexibility index (Phi) is 9.98. The first-order valence-corrected chi connectivity index (χ1v) is 11.7. The van der Waals surface area contributed by atoms with E-state index in [1.54, 1.807) is 24.3 Å². The summed E-state index contributed by atoms with van der Waals surface area (Å²) in [6.45, 7) is 0. The molecule has 1 aromatic carbocycles. The van der Waals surface area contributed by atoms with Crippen molar-refractivity contribution in [2.24, 2.45) is 11.8 Å². The van der Waals surface area contributed by atoms with Crippen molar-refractivity contribution in [2.45, 2.75) is 51.4 Å². The first-order valence-electron chi connectivity index (χ1n) is 10.2. The van der Waals surface area contributed by atoms with Crippen LogP contribution in [0.1, 0.15) is 62.5 Å². The largest absolute Gasteiger partial charge is 1.00 e. The number of rotatable bonds is 4. The van der Waals surface area contributed by atoms with Gasteiger partial charge in [0.2, 0.25) is 0 Å². The average Bonchev–Trinajstić information content (AvgIpc) is 2.68. The molecule has 0 amide bonds. The first kappa shape index (κ1) is 27.2. The Labute approximate surface area is 227 Å². The molecule has 0 heterocycles. The normalized spacial score (nSPS) is 24.1. The zero-order valence-corrected chi connectivity index (χ0v) is 23.5. The molecule has 2 bridgehead atoms. The van der Waals surface area contributed by atoms with Crippen LogP contribution >= 0.6 is 7.82 Å². The van der Waals surface area contributed by atoms with E-state index in [1.807, 2.05) is 6.07 Å². The number of ether oxygens (including phenoxy) is 1. The second kappa shape index (κ2) is 11.4. The molecule has 4 rings (SSSR count). The predicted octanol–water partition coefficient (Wildman–Crippen LogP) is -0.914. The summed E-state index contributed by atoms with van der Waals surface area (Å²) >= 11 is 0. The van der Waals surface area contributed by atoms with Crippen LogP contribution in [0.3, 0.4) is 0 Å². The number of fused-ring (bicyclic) bond motifs is 3. The summed E-state index contributed by atoms with van der Waals surface area (Å²) in [6.07, 6.45) is 9.47. The Bertz CT molecular complexity index is 979. The maximum atomic E-state index is 11.4. The van der Waals surface area contributed by atoms with E-state index in [9.17, 15) is 19.6 Å². The number of nitriles is 1. The van der Waals surface area contributed by atoms with Crippen LogP contribution in [0, 0.1) is 23.2 Å². The summed E-state index contributed by atoms with van der Waals surface area (Å²) in [5, 5.41) is 9.28. The van der Waals surface area contributed by atoms with E-state index in [2.05, 4.69) is 0 Å². The van der Waals surface area contributed by atoms with E-state index in [0.29, 0.717) is 17.4 Å². The first-order chi connectivity index (χ1) is 13.9. The van der Waals surface area contributed by atoms with Gasteiger partial charge in [-0.2, -0.15) is 5.26 Å². The molecule has 6 nitrogen and oxygen atoms in total. The molecule has 0 aromatic heterocycles. The molecule has 2 unspecified atom stereocenters. The number of phosphoric acid groups is 1. The van der Waals surface area contributed by atoms with Crippen molar-refractivity contribution in [1.29, 1.82) is 5.26 Å². The second-order valence-electron chi connectivity index (χ2n) is 8.11. The number of hydrogen-bond donors (Lipinski definition) is 2. The van der Waals surface area contributed by atoms with Crippen molar-refractivity contribution in [1.82, 2.24) is 0 Å². The third-order valence-corrected chi connectivity index (χ3v) is 6.89. The summed E-state index contributed by atoms with van der Waals surface area (Å²) in [5.74, 6) is 1.49. The maximum absolute atomic E-state index is 11.4. The van der Waals surface area contributed by atoms with E-state index in [1.165, 1.54) is 43.4 Å². The Morgan fingerprint density at radius 1 is 1.16 bits per heavy atom. The Hall–Kier alpha value is -0.0600. The Morgan fingerprint density at radius 2 is 1.90 bits per heavy atom. The average molecular weight is 461 g/mol. The summed E-state index contributed by atoms with van der Waals surface area (Å²) in [6, 6.07) is 6.75. The zero-order valence-electron chi connectivity index (χ0n) is 18.6. The molecule has 3 aliphatic rings. The molecule has 0 saturated heterocycles. The van der Waals surface area contributed by atoms with E-state index in [-0.39, 0.29) is 70.4 Å². The van der Waals surface area contributed by atoms with Crippen LogP contribution in [0.5, 0.6) is 5.75 Å². The third-order valence-electron chi connectivity index (χ3n) is 6.45. The van der Waals surface area contributed by atoms with Gasteiger partial charge in [-0.25, -0.2) is 4.57 Å². The monoisotopic (exact) mass is 461 g/mol. The van der Waals surface area contributed by atoms with Crippen LogP contribution in [0.4, 0.5) is 0 Å². The summed E-state index contributed by atoms with van der Waals surface area (Å²) < 4.78 is 22.0. The van der Waals surface area contributed by atoms with Gasteiger partial charge < -0.3 is 9.26 Å². The van der Waals surface area contributed by atoms with Crippen molar-refractivity contribution < 1.29 is 82.7 Å².